The highest BCUT2D eigenvalue weighted by Crippen LogP contribution is 2.08. The lowest BCUT2D eigenvalue weighted by Crippen LogP contribution is -2.41. The molecule has 8 heteroatoms. The second-order valence-electron chi connectivity index (χ2n) is 7.04. The first-order chi connectivity index (χ1) is 14.2. The van der Waals surface area contributed by atoms with Gasteiger partial charge in [0.1, 0.15) is 6.26 Å². The van der Waals surface area contributed by atoms with E-state index in [0.717, 1.165) is 44.8 Å². The molecule has 0 atom stereocenters. The molecule has 0 saturated carbocycles. The topological polar surface area (TPSA) is 87.9 Å². The molecule has 156 valence electrons. The Hall–Kier alpha value is -2.71. The number of benzene rings is 1. The zero-order valence-corrected chi connectivity index (χ0v) is 16.6. The largest absolute Gasteiger partial charge is 0.379 e. The molecule has 1 saturated heterocycles. The molecule has 1 fully saturated rings. The summed E-state index contributed by atoms with van der Waals surface area (Å²) in [4.78, 5) is 29.1. The quantitative estimate of drug-likeness (QED) is 0.654. The van der Waals surface area contributed by atoms with Gasteiger partial charge in [-0.15, -0.1) is 0 Å². The van der Waals surface area contributed by atoms with Crippen molar-refractivity contribution in [2.75, 3.05) is 51.3 Å². The molecule has 0 aliphatic carbocycles. The summed E-state index contributed by atoms with van der Waals surface area (Å²) in [5.41, 5.74) is 1.11. The van der Waals surface area contributed by atoms with Crippen molar-refractivity contribution in [3.05, 3.63) is 48.2 Å². The Kier molecular flexibility index (Phi) is 8.21. The van der Waals surface area contributed by atoms with Crippen LogP contribution in [0.4, 0.5) is 5.82 Å². The highest BCUT2D eigenvalue weighted by molar-refractivity contribution is 5.93. The summed E-state index contributed by atoms with van der Waals surface area (Å²) in [6.45, 7) is 4.75. The number of hydrogen-bond donors (Lipinski definition) is 1. The summed E-state index contributed by atoms with van der Waals surface area (Å²) in [5, 5.41) is 6.34. The first kappa shape index (κ1) is 21.0. The van der Waals surface area contributed by atoms with Crippen LogP contribution in [0.2, 0.25) is 0 Å². The van der Waals surface area contributed by atoms with Crippen molar-refractivity contribution < 1.29 is 18.8 Å². The van der Waals surface area contributed by atoms with E-state index in [2.05, 4.69) is 15.4 Å². The van der Waals surface area contributed by atoms with Gasteiger partial charge in [0.2, 0.25) is 11.8 Å². The van der Waals surface area contributed by atoms with Gasteiger partial charge in [-0.25, -0.2) is 0 Å². The summed E-state index contributed by atoms with van der Waals surface area (Å²) in [6.07, 6.45) is 3.23. The van der Waals surface area contributed by atoms with Gasteiger partial charge in [0.15, 0.2) is 5.82 Å². The third kappa shape index (κ3) is 7.32. The number of morpholine rings is 1. The minimum atomic E-state index is -0.279. The van der Waals surface area contributed by atoms with Gasteiger partial charge >= 0.3 is 0 Å². The number of aryl methyl sites for hydroxylation is 1. The fourth-order valence-electron chi connectivity index (χ4n) is 3.29. The van der Waals surface area contributed by atoms with E-state index in [1.54, 1.807) is 11.0 Å². The van der Waals surface area contributed by atoms with E-state index in [0.29, 0.717) is 25.2 Å². The van der Waals surface area contributed by atoms with Crippen LogP contribution >= 0.6 is 0 Å². The SMILES string of the molecule is O=C(CN(CCCN1CCOCC1)C(=O)CCc1ccccc1)Nc1ccon1. The van der Waals surface area contributed by atoms with Crippen molar-refractivity contribution in [2.45, 2.75) is 19.3 Å². The maximum Gasteiger partial charge on any atom is 0.245 e. The summed E-state index contributed by atoms with van der Waals surface area (Å²) >= 11 is 0. The van der Waals surface area contributed by atoms with Crippen molar-refractivity contribution in [1.82, 2.24) is 15.0 Å². The van der Waals surface area contributed by atoms with Crippen LogP contribution < -0.4 is 5.32 Å². The number of carbonyl (C=O) groups excluding carboxylic acids is 2. The number of carbonyl (C=O) groups is 2. The number of nitrogens with zero attached hydrogens (tertiary/aromatic N) is 3. The standard InChI is InChI=1S/C21H28N4O4/c26-20(22-19-9-14-29-23-19)17-25(11-4-10-24-12-15-28-16-13-24)21(27)8-7-18-5-2-1-3-6-18/h1-3,5-6,9,14H,4,7-8,10-13,15-17H2,(H,22,23,26). The van der Waals surface area contributed by atoms with Crippen LogP contribution in [-0.4, -0.2) is 72.7 Å². The molecule has 3 rings (SSSR count). The number of ether oxygens (including phenoxy) is 1. The Bertz CT molecular complexity index is 745. The van der Waals surface area contributed by atoms with E-state index in [9.17, 15) is 9.59 Å². The second-order valence-corrected chi connectivity index (χ2v) is 7.04. The number of rotatable bonds is 10. The summed E-state index contributed by atoms with van der Waals surface area (Å²) in [5.74, 6) is 0.0458. The normalized spacial score (nSPS) is 14.5. The zero-order chi connectivity index (χ0) is 20.3. The van der Waals surface area contributed by atoms with Gasteiger partial charge in [0, 0.05) is 38.7 Å². The lowest BCUT2D eigenvalue weighted by atomic mass is 10.1. The molecule has 2 heterocycles. The van der Waals surface area contributed by atoms with E-state index >= 15 is 0 Å². The van der Waals surface area contributed by atoms with Crippen molar-refractivity contribution in [2.24, 2.45) is 0 Å². The maximum atomic E-state index is 12.8. The molecule has 1 aliphatic heterocycles. The minimum Gasteiger partial charge on any atom is -0.379 e. The molecule has 1 N–H and O–H groups in total. The van der Waals surface area contributed by atoms with Crippen molar-refractivity contribution in [3.63, 3.8) is 0 Å². The van der Waals surface area contributed by atoms with Crippen LogP contribution in [0.25, 0.3) is 0 Å². The summed E-state index contributed by atoms with van der Waals surface area (Å²) in [7, 11) is 0. The van der Waals surface area contributed by atoms with E-state index < -0.39 is 0 Å². The van der Waals surface area contributed by atoms with Crippen LogP contribution in [0.15, 0.2) is 47.2 Å². The molecule has 8 nitrogen and oxygen atoms in total. The Morgan fingerprint density at radius 2 is 1.93 bits per heavy atom. The number of nitrogens with one attached hydrogen (secondary N) is 1. The van der Waals surface area contributed by atoms with Gasteiger partial charge in [-0.1, -0.05) is 35.5 Å². The Labute approximate surface area is 170 Å². The predicted molar refractivity (Wildman–Crippen MR) is 108 cm³/mol. The van der Waals surface area contributed by atoms with Gasteiger partial charge in [-0.05, 0) is 18.4 Å². The molecule has 1 aliphatic rings. The van der Waals surface area contributed by atoms with Crippen LogP contribution in [0.3, 0.4) is 0 Å². The fraction of sp³-hybridized carbons (Fsp3) is 0.476. The van der Waals surface area contributed by atoms with Gasteiger partial charge < -0.3 is 19.5 Å². The van der Waals surface area contributed by atoms with Crippen molar-refractivity contribution in [1.29, 1.82) is 0 Å². The number of aromatic nitrogens is 1. The summed E-state index contributed by atoms with van der Waals surface area (Å²) in [6, 6.07) is 11.5. The Morgan fingerprint density at radius 1 is 1.14 bits per heavy atom. The average Bonchev–Trinajstić information content (AvgIpc) is 3.25. The predicted octanol–water partition coefficient (Wildman–Crippen LogP) is 1.80. The Morgan fingerprint density at radius 3 is 2.66 bits per heavy atom. The highest BCUT2D eigenvalue weighted by atomic mass is 16.5. The molecule has 1 aromatic carbocycles. The monoisotopic (exact) mass is 400 g/mol. The van der Waals surface area contributed by atoms with Crippen LogP contribution in [-0.2, 0) is 20.7 Å². The molecule has 29 heavy (non-hydrogen) atoms. The van der Waals surface area contributed by atoms with Crippen molar-refractivity contribution >= 4 is 17.6 Å². The van der Waals surface area contributed by atoms with Crippen LogP contribution in [0.5, 0.6) is 0 Å². The van der Waals surface area contributed by atoms with Crippen molar-refractivity contribution in [3.8, 4) is 0 Å². The molecule has 0 radical (unpaired) electrons. The minimum absolute atomic E-state index is 0.00357. The van der Waals surface area contributed by atoms with E-state index in [-0.39, 0.29) is 18.4 Å². The molecular weight excluding hydrogens is 372 g/mol. The third-order valence-electron chi connectivity index (χ3n) is 4.87. The van der Waals surface area contributed by atoms with E-state index in [4.69, 9.17) is 9.26 Å². The molecular formula is C21H28N4O4. The third-order valence-corrected chi connectivity index (χ3v) is 4.87. The zero-order valence-electron chi connectivity index (χ0n) is 16.6. The maximum absolute atomic E-state index is 12.8. The lowest BCUT2D eigenvalue weighted by Gasteiger charge is -2.28. The van der Waals surface area contributed by atoms with E-state index in [1.807, 2.05) is 30.3 Å². The highest BCUT2D eigenvalue weighted by Gasteiger charge is 2.18. The first-order valence-corrected chi connectivity index (χ1v) is 10.0. The fourth-order valence-corrected chi connectivity index (χ4v) is 3.29. The molecule has 2 aromatic rings. The van der Waals surface area contributed by atoms with Crippen LogP contribution in [0.1, 0.15) is 18.4 Å². The summed E-state index contributed by atoms with van der Waals surface area (Å²) < 4.78 is 10.1. The van der Waals surface area contributed by atoms with Gasteiger partial charge in [0.25, 0.3) is 0 Å². The second kappa shape index (κ2) is 11.3. The van der Waals surface area contributed by atoms with E-state index in [1.165, 1.54) is 6.26 Å². The smallest absolute Gasteiger partial charge is 0.245 e. The number of amides is 2. The first-order valence-electron chi connectivity index (χ1n) is 10.0. The van der Waals surface area contributed by atoms with Gasteiger partial charge in [-0.3, -0.25) is 14.5 Å². The molecule has 1 aromatic heterocycles. The molecule has 0 unspecified atom stereocenters. The van der Waals surface area contributed by atoms with Gasteiger partial charge in [0.05, 0.1) is 19.8 Å². The Balaban J connectivity index is 1.51. The average molecular weight is 400 g/mol. The molecule has 0 spiro atoms. The van der Waals surface area contributed by atoms with Crippen LogP contribution in [0, 0.1) is 0 Å². The molecule has 2 amide bonds. The molecule has 0 bridgehead atoms. The number of anilines is 1. The lowest BCUT2D eigenvalue weighted by molar-refractivity contribution is -0.134. The number of hydrogen-bond acceptors (Lipinski definition) is 6. The van der Waals surface area contributed by atoms with Gasteiger partial charge in [-0.2, -0.15) is 0 Å².